The Kier molecular flexibility index (Phi) is 5.36. The number of nitrogens with zero attached hydrogens (tertiary/aromatic N) is 2. The third kappa shape index (κ3) is 3.56. The van der Waals surface area contributed by atoms with Crippen molar-refractivity contribution in [3.8, 4) is 0 Å². The number of ketones is 1. The number of hydrogen-bond donors (Lipinski definition) is 0. The highest BCUT2D eigenvalue weighted by Gasteiger charge is 2.46. The number of anilines is 1. The van der Waals surface area contributed by atoms with Crippen LogP contribution in [0.3, 0.4) is 0 Å². The molecule has 1 aromatic carbocycles. The molecule has 0 saturated carbocycles. The number of benzene rings is 1. The van der Waals surface area contributed by atoms with Crippen LogP contribution in [0.25, 0.3) is 0 Å². The first-order valence-corrected chi connectivity index (χ1v) is 11.0. The second kappa shape index (κ2) is 7.90. The molecule has 2 aliphatic heterocycles. The molecule has 27 heavy (non-hydrogen) atoms. The maximum atomic E-state index is 13.4. The van der Waals surface area contributed by atoms with Gasteiger partial charge in [0.2, 0.25) is 0 Å². The molecule has 0 aliphatic carbocycles. The average Bonchev–Trinajstić information content (AvgIpc) is 2.94. The first kappa shape index (κ1) is 18.3. The van der Waals surface area contributed by atoms with Crippen molar-refractivity contribution in [1.29, 1.82) is 0 Å². The van der Waals surface area contributed by atoms with Gasteiger partial charge in [0.1, 0.15) is 11.6 Å². The molecule has 1 amide bonds. The van der Waals surface area contributed by atoms with Gasteiger partial charge in [-0.15, -0.1) is 23.5 Å². The fraction of sp³-hybridized carbons (Fsp3) is 0.286. The molecule has 4 nitrogen and oxygen atoms in total. The molecule has 2 fully saturated rings. The summed E-state index contributed by atoms with van der Waals surface area (Å²) >= 11 is 3.27. The van der Waals surface area contributed by atoms with Gasteiger partial charge in [0.05, 0.1) is 4.24 Å². The maximum Gasteiger partial charge on any atom is 0.264 e. The van der Waals surface area contributed by atoms with Gasteiger partial charge in [-0.1, -0.05) is 24.3 Å². The quantitative estimate of drug-likeness (QED) is 0.580. The standard InChI is InChI=1S/C21H20N2O2S2/c1-14-7-2-3-9-16(14)23-17(13-15-8-4-5-10-22-15)19(24)18(20(23)25)21-26-11-6-12-27-21/h2-5,7-10,17H,6,11-13H2,1H3. The van der Waals surface area contributed by atoms with Crippen LogP contribution in [0.2, 0.25) is 0 Å². The largest absolute Gasteiger partial charge is 0.297 e. The molecule has 1 aromatic heterocycles. The van der Waals surface area contributed by atoms with E-state index in [0.29, 0.717) is 12.0 Å². The minimum Gasteiger partial charge on any atom is -0.297 e. The van der Waals surface area contributed by atoms with E-state index in [1.54, 1.807) is 34.6 Å². The third-order valence-corrected chi connectivity index (χ3v) is 7.38. The van der Waals surface area contributed by atoms with Gasteiger partial charge in [0, 0.05) is 24.0 Å². The van der Waals surface area contributed by atoms with Crippen molar-refractivity contribution in [1.82, 2.24) is 4.98 Å². The normalized spacial score (nSPS) is 20.5. The van der Waals surface area contributed by atoms with Crippen LogP contribution in [0, 0.1) is 6.92 Å². The van der Waals surface area contributed by atoms with Crippen molar-refractivity contribution < 1.29 is 9.59 Å². The number of pyridine rings is 1. The second-order valence-corrected chi connectivity index (χ2v) is 9.05. The summed E-state index contributed by atoms with van der Waals surface area (Å²) in [5.41, 5.74) is 2.98. The maximum absolute atomic E-state index is 13.4. The molecule has 1 atom stereocenters. The number of thioether (sulfide) groups is 2. The van der Waals surface area contributed by atoms with Crippen LogP contribution in [0.4, 0.5) is 5.69 Å². The highest BCUT2D eigenvalue weighted by molar-refractivity contribution is 8.22. The smallest absolute Gasteiger partial charge is 0.264 e. The molecule has 2 aliphatic rings. The molecule has 0 spiro atoms. The van der Waals surface area contributed by atoms with E-state index < -0.39 is 6.04 Å². The van der Waals surface area contributed by atoms with E-state index in [0.717, 1.165) is 39.1 Å². The number of aryl methyl sites for hydroxylation is 1. The number of hydrogen-bond acceptors (Lipinski definition) is 5. The zero-order valence-corrected chi connectivity index (χ0v) is 16.7. The van der Waals surface area contributed by atoms with Crippen LogP contribution in [-0.4, -0.2) is 34.2 Å². The topological polar surface area (TPSA) is 50.3 Å². The lowest BCUT2D eigenvalue weighted by molar-refractivity contribution is -0.116. The summed E-state index contributed by atoms with van der Waals surface area (Å²) in [5, 5.41) is 0. The minimum absolute atomic E-state index is 0.0780. The molecular weight excluding hydrogens is 376 g/mol. The summed E-state index contributed by atoms with van der Waals surface area (Å²) in [6, 6.07) is 12.9. The summed E-state index contributed by atoms with van der Waals surface area (Å²) in [5.74, 6) is 1.67. The molecule has 0 N–H and O–H groups in total. The summed E-state index contributed by atoms with van der Waals surface area (Å²) in [6.07, 6.45) is 3.25. The number of carbonyl (C=O) groups excluding carboxylic acids is 2. The van der Waals surface area contributed by atoms with Crippen molar-refractivity contribution in [2.45, 2.75) is 25.8 Å². The molecule has 0 bridgehead atoms. The zero-order valence-electron chi connectivity index (χ0n) is 15.1. The van der Waals surface area contributed by atoms with Crippen LogP contribution in [0.1, 0.15) is 17.7 Å². The lowest BCUT2D eigenvalue weighted by Crippen LogP contribution is -2.37. The SMILES string of the molecule is Cc1ccccc1N1C(=O)C(=C2SCCCS2)C(=O)C1Cc1ccccn1. The Morgan fingerprint density at radius 3 is 2.52 bits per heavy atom. The van der Waals surface area contributed by atoms with Gasteiger partial charge in [-0.2, -0.15) is 0 Å². The molecule has 1 unspecified atom stereocenters. The van der Waals surface area contributed by atoms with Crippen molar-refractivity contribution in [3.63, 3.8) is 0 Å². The van der Waals surface area contributed by atoms with Gasteiger partial charge in [0.25, 0.3) is 5.91 Å². The highest BCUT2D eigenvalue weighted by atomic mass is 32.2. The molecule has 2 saturated heterocycles. The fourth-order valence-electron chi connectivity index (χ4n) is 3.43. The molecule has 2 aromatic rings. The Balaban J connectivity index is 1.79. The van der Waals surface area contributed by atoms with E-state index in [2.05, 4.69) is 4.98 Å². The Labute approximate surface area is 167 Å². The zero-order chi connectivity index (χ0) is 18.8. The molecule has 0 radical (unpaired) electrons. The lowest BCUT2D eigenvalue weighted by atomic mass is 10.0. The molecule has 138 valence electrons. The Morgan fingerprint density at radius 2 is 1.81 bits per heavy atom. The van der Waals surface area contributed by atoms with Gasteiger partial charge in [-0.3, -0.25) is 19.5 Å². The van der Waals surface area contributed by atoms with E-state index in [9.17, 15) is 9.59 Å². The van der Waals surface area contributed by atoms with Gasteiger partial charge >= 0.3 is 0 Å². The first-order valence-electron chi connectivity index (χ1n) is 9.00. The van der Waals surface area contributed by atoms with E-state index in [4.69, 9.17) is 0 Å². The summed E-state index contributed by atoms with van der Waals surface area (Å²) < 4.78 is 0.887. The number of para-hydroxylation sites is 1. The molecular formula is C21H20N2O2S2. The minimum atomic E-state index is -0.542. The monoisotopic (exact) mass is 396 g/mol. The Bertz CT molecular complexity index is 903. The molecule has 3 heterocycles. The number of aromatic nitrogens is 1. The molecule has 4 rings (SSSR count). The average molecular weight is 397 g/mol. The van der Waals surface area contributed by atoms with Gasteiger partial charge in [0.15, 0.2) is 5.78 Å². The van der Waals surface area contributed by atoms with Crippen molar-refractivity contribution >= 4 is 40.9 Å². The van der Waals surface area contributed by atoms with Crippen LogP contribution in [0.15, 0.2) is 58.5 Å². The predicted octanol–water partition coefficient (Wildman–Crippen LogP) is 4.00. The van der Waals surface area contributed by atoms with Crippen LogP contribution in [0.5, 0.6) is 0 Å². The van der Waals surface area contributed by atoms with Crippen LogP contribution >= 0.6 is 23.5 Å². The number of rotatable bonds is 3. The van der Waals surface area contributed by atoms with E-state index in [1.807, 2.05) is 49.4 Å². The highest BCUT2D eigenvalue weighted by Crippen LogP contribution is 2.42. The third-order valence-electron chi connectivity index (χ3n) is 4.76. The number of carbonyl (C=O) groups is 2. The van der Waals surface area contributed by atoms with E-state index in [-0.39, 0.29) is 11.7 Å². The van der Waals surface area contributed by atoms with E-state index >= 15 is 0 Å². The van der Waals surface area contributed by atoms with Crippen molar-refractivity contribution in [2.75, 3.05) is 16.4 Å². The Hall–Kier alpha value is -2.05. The first-order chi connectivity index (χ1) is 13.2. The molecule has 6 heteroatoms. The fourth-order valence-corrected chi connectivity index (χ4v) is 6.05. The van der Waals surface area contributed by atoms with Crippen LogP contribution < -0.4 is 4.90 Å². The Morgan fingerprint density at radius 1 is 1.07 bits per heavy atom. The second-order valence-electron chi connectivity index (χ2n) is 6.58. The predicted molar refractivity (Wildman–Crippen MR) is 112 cm³/mol. The summed E-state index contributed by atoms with van der Waals surface area (Å²) in [6.45, 7) is 1.97. The summed E-state index contributed by atoms with van der Waals surface area (Å²) in [4.78, 5) is 32.8. The van der Waals surface area contributed by atoms with E-state index in [1.165, 1.54) is 0 Å². The van der Waals surface area contributed by atoms with Crippen molar-refractivity contribution in [2.24, 2.45) is 0 Å². The number of amides is 1. The van der Waals surface area contributed by atoms with Gasteiger partial charge in [-0.05, 0) is 48.6 Å². The van der Waals surface area contributed by atoms with Gasteiger partial charge < -0.3 is 0 Å². The summed E-state index contributed by atoms with van der Waals surface area (Å²) in [7, 11) is 0. The van der Waals surface area contributed by atoms with Crippen molar-refractivity contribution in [3.05, 3.63) is 69.7 Å². The lowest BCUT2D eigenvalue weighted by Gasteiger charge is -2.24. The van der Waals surface area contributed by atoms with Crippen LogP contribution in [-0.2, 0) is 16.0 Å². The number of Topliss-reactive ketones (excluding diaryl/α,β-unsaturated/α-hetero) is 1. The van der Waals surface area contributed by atoms with Gasteiger partial charge in [-0.25, -0.2) is 0 Å².